The van der Waals surface area contributed by atoms with Crippen molar-refractivity contribution in [3.63, 3.8) is 0 Å². The van der Waals surface area contributed by atoms with Gasteiger partial charge in [0.25, 0.3) is 0 Å². The number of ether oxygens (including phenoxy) is 2. The van der Waals surface area contributed by atoms with Gasteiger partial charge in [-0.3, -0.25) is 4.90 Å². The van der Waals surface area contributed by atoms with Crippen molar-refractivity contribution in [2.45, 2.75) is 19.4 Å². The van der Waals surface area contributed by atoms with E-state index in [-0.39, 0.29) is 0 Å². The molecule has 0 spiro atoms. The van der Waals surface area contributed by atoms with Gasteiger partial charge in [0.05, 0.1) is 19.3 Å². The van der Waals surface area contributed by atoms with Gasteiger partial charge in [0, 0.05) is 39.3 Å². The normalized spacial score (nSPS) is 32.1. The minimum atomic E-state index is 0.441. The first-order valence-corrected chi connectivity index (χ1v) is 6.48. The summed E-state index contributed by atoms with van der Waals surface area (Å²) in [4.78, 5) is 2.46. The molecule has 2 aliphatic rings. The first kappa shape index (κ1) is 12.3. The Balaban J connectivity index is 1.51. The fourth-order valence-electron chi connectivity index (χ4n) is 2.39. The van der Waals surface area contributed by atoms with Crippen molar-refractivity contribution in [1.29, 1.82) is 0 Å². The quantitative estimate of drug-likeness (QED) is 0.688. The van der Waals surface area contributed by atoms with Crippen LogP contribution in [0.4, 0.5) is 0 Å². The van der Waals surface area contributed by atoms with Crippen molar-refractivity contribution < 1.29 is 9.47 Å². The van der Waals surface area contributed by atoms with Crippen molar-refractivity contribution in [2.75, 3.05) is 52.5 Å². The van der Waals surface area contributed by atoms with Gasteiger partial charge in [0.1, 0.15) is 0 Å². The molecule has 2 unspecified atom stereocenters. The van der Waals surface area contributed by atoms with E-state index >= 15 is 0 Å². The number of hydrogen-bond acceptors (Lipinski definition) is 4. The zero-order valence-corrected chi connectivity index (χ0v) is 10.3. The van der Waals surface area contributed by atoms with Gasteiger partial charge in [0.2, 0.25) is 0 Å². The average molecular weight is 228 g/mol. The van der Waals surface area contributed by atoms with Crippen LogP contribution in [-0.4, -0.2) is 63.5 Å². The van der Waals surface area contributed by atoms with Crippen molar-refractivity contribution in [1.82, 2.24) is 10.2 Å². The Hall–Kier alpha value is -0.160. The van der Waals surface area contributed by atoms with Crippen LogP contribution in [0.1, 0.15) is 13.3 Å². The van der Waals surface area contributed by atoms with E-state index in [1.165, 1.54) is 6.42 Å². The van der Waals surface area contributed by atoms with E-state index in [1.54, 1.807) is 0 Å². The minimum absolute atomic E-state index is 0.441. The van der Waals surface area contributed by atoms with Gasteiger partial charge in [-0.05, 0) is 19.3 Å². The van der Waals surface area contributed by atoms with Crippen LogP contribution < -0.4 is 5.32 Å². The lowest BCUT2D eigenvalue weighted by Crippen LogP contribution is -2.41. The van der Waals surface area contributed by atoms with Crippen molar-refractivity contribution >= 4 is 0 Å². The number of rotatable bonds is 5. The summed E-state index contributed by atoms with van der Waals surface area (Å²) < 4.78 is 10.9. The molecule has 16 heavy (non-hydrogen) atoms. The summed E-state index contributed by atoms with van der Waals surface area (Å²) in [5.41, 5.74) is 0. The highest BCUT2D eigenvalue weighted by Crippen LogP contribution is 2.18. The predicted octanol–water partition coefficient (Wildman–Crippen LogP) is 0.333. The van der Waals surface area contributed by atoms with Gasteiger partial charge in [-0.1, -0.05) is 0 Å². The maximum Gasteiger partial charge on any atom is 0.0594 e. The van der Waals surface area contributed by atoms with Crippen molar-refractivity contribution in [2.24, 2.45) is 5.92 Å². The number of nitrogens with zero attached hydrogens (tertiary/aromatic N) is 1. The van der Waals surface area contributed by atoms with E-state index in [1.807, 2.05) is 0 Å². The van der Waals surface area contributed by atoms with Crippen LogP contribution in [0.3, 0.4) is 0 Å². The van der Waals surface area contributed by atoms with Crippen LogP contribution in [0.2, 0.25) is 0 Å². The molecule has 94 valence electrons. The van der Waals surface area contributed by atoms with E-state index in [0.717, 1.165) is 52.5 Å². The zero-order chi connectivity index (χ0) is 11.2. The van der Waals surface area contributed by atoms with E-state index in [4.69, 9.17) is 9.47 Å². The molecule has 2 rings (SSSR count). The Morgan fingerprint density at radius 1 is 1.25 bits per heavy atom. The summed E-state index contributed by atoms with van der Waals surface area (Å²) in [6.45, 7) is 10.4. The average Bonchev–Trinajstić information content (AvgIpc) is 2.72. The molecule has 2 saturated heterocycles. The first-order chi connectivity index (χ1) is 7.86. The largest absolute Gasteiger partial charge is 0.379 e. The molecule has 0 aromatic heterocycles. The van der Waals surface area contributed by atoms with Gasteiger partial charge < -0.3 is 14.8 Å². The third kappa shape index (κ3) is 3.70. The fourth-order valence-corrected chi connectivity index (χ4v) is 2.39. The molecule has 0 aromatic rings. The van der Waals surface area contributed by atoms with Gasteiger partial charge in [-0.25, -0.2) is 0 Å². The lowest BCUT2D eigenvalue weighted by atomic mass is 10.0. The summed E-state index contributed by atoms with van der Waals surface area (Å²) in [5, 5.41) is 3.54. The summed E-state index contributed by atoms with van der Waals surface area (Å²) in [6.07, 6.45) is 1.65. The molecule has 2 aliphatic heterocycles. The summed E-state index contributed by atoms with van der Waals surface area (Å²) >= 11 is 0. The molecule has 0 aliphatic carbocycles. The highest BCUT2D eigenvalue weighted by atomic mass is 16.5. The van der Waals surface area contributed by atoms with Crippen LogP contribution in [0.25, 0.3) is 0 Å². The smallest absolute Gasteiger partial charge is 0.0594 e. The topological polar surface area (TPSA) is 33.7 Å². The number of hydrogen-bond donors (Lipinski definition) is 1. The Morgan fingerprint density at radius 3 is 2.75 bits per heavy atom. The fraction of sp³-hybridized carbons (Fsp3) is 1.00. The molecule has 2 atom stereocenters. The lowest BCUT2D eigenvalue weighted by molar-refractivity contribution is 0.0382. The highest BCUT2D eigenvalue weighted by Gasteiger charge is 2.23. The van der Waals surface area contributed by atoms with Gasteiger partial charge >= 0.3 is 0 Å². The molecule has 0 aromatic carbocycles. The van der Waals surface area contributed by atoms with Crippen LogP contribution in [0, 0.1) is 5.92 Å². The van der Waals surface area contributed by atoms with E-state index in [9.17, 15) is 0 Å². The monoisotopic (exact) mass is 228 g/mol. The van der Waals surface area contributed by atoms with Crippen LogP contribution in [0.15, 0.2) is 0 Å². The minimum Gasteiger partial charge on any atom is -0.379 e. The van der Waals surface area contributed by atoms with Crippen LogP contribution >= 0.6 is 0 Å². The Bertz CT molecular complexity index is 195. The Morgan fingerprint density at radius 2 is 2.06 bits per heavy atom. The molecular weight excluding hydrogens is 204 g/mol. The molecule has 0 amide bonds. The number of morpholine rings is 1. The third-order valence-corrected chi connectivity index (χ3v) is 3.65. The van der Waals surface area contributed by atoms with E-state index < -0.39 is 0 Å². The highest BCUT2D eigenvalue weighted by molar-refractivity contribution is 4.74. The lowest BCUT2D eigenvalue weighted by Gasteiger charge is -2.26. The molecule has 0 bridgehead atoms. The summed E-state index contributed by atoms with van der Waals surface area (Å²) in [5.74, 6) is 0.713. The van der Waals surface area contributed by atoms with E-state index in [2.05, 4.69) is 17.1 Å². The summed E-state index contributed by atoms with van der Waals surface area (Å²) in [7, 11) is 0. The van der Waals surface area contributed by atoms with Gasteiger partial charge in [-0.15, -0.1) is 0 Å². The predicted molar refractivity (Wildman–Crippen MR) is 63.6 cm³/mol. The molecule has 2 fully saturated rings. The van der Waals surface area contributed by atoms with Crippen LogP contribution in [-0.2, 0) is 9.47 Å². The SMILES string of the molecule is CC1OCCC1CNCCN1CCOCC1. The Kier molecular flexibility index (Phi) is 5.03. The molecule has 0 saturated carbocycles. The van der Waals surface area contributed by atoms with E-state index in [0.29, 0.717) is 12.0 Å². The number of nitrogens with one attached hydrogen (secondary N) is 1. The zero-order valence-electron chi connectivity index (χ0n) is 10.3. The van der Waals surface area contributed by atoms with Crippen molar-refractivity contribution in [3.8, 4) is 0 Å². The second-order valence-electron chi connectivity index (χ2n) is 4.78. The molecule has 2 heterocycles. The molecule has 4 heteroatoms. The molecular formula is C12H24N2O2. The third-order valence-electron chi connectivity index (χ3n) is 3.65. The van der Waals surface area contributed by atoms with Crippen LogP contribution in [0.5, 0.6) is 0 Å². The molecule has 4 nitrogen and oxygen atoms in total. The molecule has 1 N–H and O–H groups in total. The maximum absolute atomic E-state index is 5.55. The maximum atomic E-state index is 5.55. The standard InChI is InChI=1S/C12H24N2O2/c1-11-12(2-7-16-11)10-13-3-4-14-5-8-15-9-6-14/h11-13H,2-10H2,1H3. The van der Waals surface area contributed by atoms with Gasteiger partial charge in [0.15, 0.2) is 0 Å². The molecule has 0 radical (unpaired) electrons. The van der Waals surface area contributed by atoms with Crippen molar-refractivity contribution in [3.05, 3.63) is 0 Å². The second kappa shape index (κ2) is 6.55. The second-order valence-corrected chi connectivity index (χ2v) is 4.78. The Labute approximate surface area is 98.3 Å². The summed E-state index contributed by atoms with van der Waals surface area (Å²) in [6, 6.07) is 0. The van der Waals surface area contributed by atoms with Gasteiger partial charge in [-0.2, -0.15) is 0 Å². The first-order valence-electron chi connectivity index (χ1n) is 6.48.